The molecule has 2 amide bonds. The first-order chi connectivity index (χ1) is 19.6. The molecular weight excluding hydrogens is 593 g/mol. The smallest absolute Gasteiger partial charge is 0.310 e. The Kier molecular flexibility index (Phi) is 8.32. The van der Waals surface area contributed by atoms with Crippen molar-refractivity contribution in [1.82, 2.24) is 15.6 Å². The minimum Gasteiger partial charge on any atom is -0.380 e. The van der Waals surface area contributed by atoms with Crippen LogP contribution in [0.2, 0.25) is 0 Å². The van der Waals surface area contributed by atoms with Crippen molar-refractivity contribution in [3.63, 3.8) is 0 Å². The third kappa shape index (κ3) is 7.57. The second-order valence-electron chi connectivity index (χ2n) is 9.73. The van der Waals surface area contributed by atoms with Gasteiger partial charge in [-0.15, -0.1) is 0 Å². The zero-order valence-corrected chi connectivity index (χ0v) is 22.9. The number of benzene rings is 2. The normalized spacial score (nSPS) is 19.4. The predicted octanol–water partition coefficient (Wildman–Crippen LogP) is 5.83. The first-order valence-corrected chi connectivity index (χ1v) is 14.6. The van der Waals surface area contributed by atoms with Crippen molar-refractivity contribution < 1.29 is 42.5 Å². The number of nitrogens with one attached hydrogen (secondary N) is 2. The topological polar surface area (TPSA) is 83.6 Å². The highest BCUT2D eigenvalue weighted by Crippen LogP contribution is 3.02. The molecular formula is C27H27F7N4O3S. The number of pyridine rings is 1. The van der Waals surface area contributed by atoms with Gasteiger partial charge in [0.25, 0.3) is 0 Å². The van der Waals surface area contributed by atoms with Crippen LogP contribution in [-0.2, 0) is 20.7 Å². The minimum atomic E-state index is -10.0. The maximum atomic E-state index is 13.9. The number of nitrogens with zero attached hydrogens (tertiary/aromatic N) is 2. The lowest BCUT2D eigenvalue weighted by molar-refractivity contribution is -0.127. The molecule has 3 unspecified atom stereocenters. The van der Waals surface area contributed by atoms with Crippen LogP contribution in [0.1, 0.15) is 23.6 Å². The summed E-state index contributed by atoms with van der Waals surface area (Å²) in [6, 6.07) is 5.07. The molecule has 1 aliphatic rings. The lowest BCUT2D eigenvalue weighted by Crippen LogP contribution is -2.50. The van der Waals surface area contributed by atoms with Crippen LogP contribution < -0.4 is 15.5 Å². The van der Waals surface area contributed by atoms with Crippen molar-refractivity contribution in [3.8, 4) is 0 Å². The number of carbonyl (C=O) groups is 2. The maximum absolute atomic E-state index is 13.9. The zero-order chi connectivity index (χ0) is 30.8. The standard InChI is InChI=1S/C27H27F7N4O3S/c1-41-22-14-24(37-16-22)27(40)38(21-4-6-23(7-5-21)42(30,31,32,33)34)25(18-3-2-9-35-15-18)26(39)36-10-8-17-11-19(28)13-20(29)12-17/h2-7,9,11-13,15,22,24-25,37H,8,10,14,16H2,1H3,(H,36,39). The van der Waals surface area contributed by atoms with Crippen molar-refractivity contribution >= 4 is 27.7 Å². The molecule has 2 heterocycles. The average molecular weight is 621 g/mol. The Hall–Kier alpha value is -3.69. The molecule has 3 aromatic rings. The van der Waals surface area contributed by atoms with Gasteiger partial charge >= 0.3 is 10.2 Å². The number of hydrogen-bond donors (Lipinski definition) is 2. The first kappa shape index (κ1) is 31.3. The second-order valence-corrected chi connectivity index (χ2v) is 12.1. The molecule has 42 heavy (non-hydrogen) atoms. The van der Waals surface area contributed by atoms with Gasteiger partial charge in [0.05, 0.1) is 12.1 Å². The van der Waals surface area contributed by atoms with E-state index in [0.717, 1.165) is 17.0 Å². The summed E-state index contributed by atoms with van der Waals surface area (Å²) in [7, 11) is -8.59. The van der Waals surface area contributed by atoms with Crippen molar-refractivity contribution in [2.75, 3.05) is 25.1 Å². The molecule has 4 rings (SSSR count). The molecule has 0 aliphatic carbocycles. The van der Waals surface area contributed by atoms with Gasteiger partial charge in [0.15, 0.2) is 0 Å². The van der Waals surface area contributed by atoms with Crippen molar-refractivity contribution in [3.05, 3.63) is 89.8 Å². The Labute approximate surface area is 236 Å². The highest BCUT2D eigenvalue weighted by molar-refractivity contribution is 8.45. The molecule has 1 fully saturated rings. The van der Waals surface area contributed by atoms with E-state index in [-0.39, 0.29) is 61.0 Å². The summed E-state index contributed by atoms with van der Waals surface area (Å²) in [5.74, 6) is -3.15. The summed E-state index contributed by atoms with van der Waals surface area (Å²) in [6.45, 7) is 0.148. The molecule has 2 aromatic carbocycles. The Morgan fingerprint density at radius 3 is 2.29 bits per heavy atom. The summed E-state index contributed by atoms with van der Waals surface area (Å²) >= 11 is 0. The fourth-order valence-electron chi connectivity index (χ4n) is 4.64. The van der Waals surface area contributed by atoms with E-state index < -0.39 is 50.7 Å². The van der Waals surface area contributed by atoms with E-state index in [1.807, 2.05) is 0 Å². The molecule has 7 nitrogen and oxygen atoms in total. The van der Waals surface area contributed by atoms with Gasteiger partial charge in [-0.25, -0.2) is 8.78 Å². The molecule has 1 aromatic heterocycles. The second kappa shape index (κ2) is 11.2. The lowest BCUT2D eigenvalue weighted by Gasteiger charge is -2.41. The molecule has 228 valence electrons. The number of anilines is 1. The zero-order valence-electron chi connectivity index (χ0n) is 22.1. The van der Waals surface area contributed by atoms with Crippen molar-refractivity contribution in [1.29, 1.82) is 0 Å². The summed E-state index contributed by atoms with van der Waals surface area (Å²) in [5, 5.41) is 5.53. The third-order valence-corrected chi connectivity index (χ3v) is 7.82. The Bertz CT molecular complexity index is 1430. The Morgan fingerprint density at radius 2 is 1.74 bits per heavy atom. The quantitative estimate of drug-likeness (QED) is 0.279. The van der Waals surface area contributed by atoms with Gasteiger partial charge in [0.2, 0.25) is 11.8 Å². The summed E-state index contributed by atoms with van der Waals surface area (Å²) < 4.78 is 99.6. The van der Waals surface area contributed by atoms with E-state index >= 15 is 0 Å². The summed E-state index contributed by atoms with van der Waals surface area (Å²) in [6.07, 6.45) is 2.48. The van der Waals surface area contributed by atoms with Gasteiger partial charge in [0.1, 0.15) is 22.6 Å². The number of amides is 2. The Balaban J connectivity index is 1.71. The molecule has 2 N–H and O–H groups in total. The van der Waals surface area contributed by atoms with Crippen LogP contribution in [0, 0.1) is 11.6 Å². The van der Waals surface area contributed by atoms with E-state index in [2.05, 4.69) is 15.6 Å². The van der Waals surface area contributed by atoms with Crippen LogP contribution in [-0.4, -0.2) is 49.1 Å². The Morgan fingerprint density at radius 1 is 1.07 bits per heavy atom. The van der Waals surface area contributed by atoms with Crippen LogP contribution >= 0.6 is 10.2 Å². The molecule has 0 saturated carbocycles. The largest absolute Gasteiger partial charge is 0.380 e. The first-order valence-electron chi connectivity index (χ1n) is 12.6. The highest BCUT2D eigenvalue weighted by Gasteiger charge is 2.65. The number of ether oxygens (including phenoxy) is 1. The fourth-order valence-corrected chi connectivity index (χ4v) is 5.29. The van der Waals surface area contributed by atoms with Crippen LogP contribution in [0.25, 0.3) is 0 Å². The molecule has 0 bridgehead atoms. The number of aromatic nitrogens is 1. The van der Waals surface area contributed by atoms with Crippen molar-refractivity contribution in [2.45, 2.75) is 35.9 Å². The molecule has 0 spiro atoms. The summed E-state index contributed by atoms with van der Waals surface area (Å²) in [4.78, 5) is 30.2. The molecule has 1 aliphatic heterocycles. The monoisotopic (exact) mass is 620 g/mol. The molecule has 3 atom stereocenters. The van der Waals surface area contributed by atoms with Crippen LogP contribution in [0.5, 0.6) is 0 Å². The number of methoxy groups -OCH3 is 1. The predicted molar refractivity (Wildman–Crippen MR) is 143 cm³/mol. The lowest BCUT2D eigenvalue weighted by atomic mass is 10.0. The van der Waals surface area contributed by atoms with E-state index in [0.29, 0.717) is 18.2 Å². The van der Waals surface area contributed by atoms with Gasteiger partial charge in [0, 0.05) is 49.9 Å². The van der Waals surface area contributed by atoms with Gasteiger partial charge in [-0.3, -0.25) is 19.5 Å². The number of hydrogen-bond acceptors (Lipinski definition) is 5. The van der Waals surface area contributed by atoms with Crippen LogP contribution in [0.4, 0.5) is 33.9 Å². The fraction of sp³-hybridized carbons (Fsp3) is 0.296. The van der Waals surface area contributed by atoms with Gasteiger partial charge in [-0.1, -0.05) is 25.5 Å². The molecule has 0 radical (unpaired) electrons. The van der Waals surface area contributed by atoms with Crippen LogP contribution in [0.15, 0.2) is 71.9 Å². The van der Waals surface area contributed by atoms with Gasteiger partial charge in [-0.05, 0) is 60.9 Å². The number of rotatable bonds is 10. The maximum Gasteiger partial charge on any atom is 0.310 e. The molecule has 1 saturated heterocycles. The molecule has 15 heteroatoms. The van der Waals surface area contributed by atoms with Gasteiger partial charge in [-0.2, -0.15) is 0 Å². The van der Waals surface area contributed by atoms with Gasteiger partial charge < -0.3 is 15.4 Å². The average Bonchev–Trinajstić information content (AvgIpc) is 3.40. The third-order valence-electron chi connectivity index (χ3n) is 6.66. The van der Waals surface area contributed by atoms with Crippen LogP contribution in [0.3, 0.4) is 0 Å². The van der Waals surface area contributed by atoms with E-state index in [9.17, 15) is 37.8 Å². The number of halogens is 7. The summed E-state index contributed by atoms with van der Waals surface area (Å²) in [5.41, 5.74) is 0.147. The number of carbonyl (C=O) groups excluding carboxylic acids is 2. The highest BCUT2D eigenvalue weighted by atomic mass is 32.5. The minimum absolute atomic E-state index is 0.00638. The van der Waals surface area contributed by atoms with E-state index in [1.165, 1.54) is 31.6 Å². The van der Waals surface area contributed by atoms with E-state index in [1.54, 1.807) is 0 Å². The van der Waals surface area contributed by atoms with E-state index in [4.69, 9.17) is 4.74 Å². The van der Waals surface area contributed by atoms with Crippen molar-refractivity contribution in [2.24, 2.45) is 0 Å². The SMILES string of the molecule is COC1CNC(C(=O)N(c2ccc(S(F)(F)(F)(F)F)cc2)C(C(=O)NCCc2cc(F)cc(F)c2)c2cccnc2)C1.